The lowest BCUT2D eigenvalue weighted by atomic mass is 10.1. The first kappa shape index (κ1) is 32.9. The average molecular weight is 487 g/mol. The Hall–Kier alpha value is -1.14. The first-order valence-electron chi connectivity index (χ1n) is 14.2. The third-order valence-electron chi connectivity index (χ3n) is 6.00. The van der Waals surface area contributed by atoms with Crippen molar-refractivity contribution in [3.8, 4) is 0 Å². The summed E-state index contributed by atoms with van der Waals surface area (Å²) < 4.78 is 17.1. The fourth-order valence-corrected chi connectivity index (χ4v) is 3.83. The van der Waals surface area contributed by atoms with Crippen molar-refractivity contribution in [3.05, 3.63) is 0 Å². The van der Waals surface area contributed by atoms with Gasteiger partial charge < -0.3 is 19.3 Å². The molecule has 0 rings (SSSR count). The molecule has 0 amide bonds. The van der Waals surface area contributed by atoms with Crippen LogP contribution < -0.4 is 0 Å². The van der Waals surface area contributed by atoms with Crippen LogP contribution in [0.15, 0.2) is 0 Å². The molecule has 0 aliphatic carbocycles. The van der Waals surface area contributed by atoms with Crippen molar-refractivity contribution in [1.29, 1.82) is 0 Å². The maximum Gasteiger partial charge on any atom is 0.305 e. The van der Waals surface area contributed by atoms with Gasteiger partial charge in [0.25, 0.3) is 0 Å². The largest absolute Gasteiger partial charge is 0.481 e. The number of carbonyl (C=O) groups excluding carboxylic acids is 1. The van der Waals surface area contributed by atoms with Crippen molar-refractivity contribution in [2.75, 3.05) is 26.4 Å². The molecule has 0 aliphatic rings. The van der Waals surface area contributed by atoms with Crippen molar-refractivity contribution >= 4 is 11.9 Å². The topological polar surface area (TPSA) is 82.1 Å². The molecule has 0 aromatic rings. The number of carboxylic acids is 1. The molecule has 0 saturated carbocycles. The molecule has 1 atom stereocenters. The molecule has 6 heteroatoms. The van der Waals surface area contributed by atoms with Crippen LogP contribution in [-0.2, 0) is 23.8 Å². The quantitative estimate of drug-likeness (QED) is 0.0958. The van der Waals surface area contributed by atoms with Gasteiger partial charge in [-0.15, -0.1) is 0 Å². The van der Waals surface area contributed by atoms with Gasteiger partial charge in [0.1, 0.15) is 12.7 Å². The van der Waals surface area contributed by atoms with Crippen LogP contribution >= 0.6 is 0 Å². The molecule has 1 N–H and O–H groups in total. The zero-order chi connectivity index (χ0) is 25.1. The van der Waals surface area contributed by atoms with Crippen LogP contribution in [0.5, 0.6) is 0 Å². The van der Waals surface area contributed by atoms with E-state index >= 15 is 0 Å². The van der Waals surface area contributed by atoms with E-state index in [1.807, 2.05) is 0 Å². The first-order valence-corrected chi connectivity index (χ1v) is 14.2. The molecule has 0 bridgehead atoms. The van der Waals surface area contributed by atoms with Crippen LogP contribution in [0.1, 0.15) is 136 Å². The highest BCUT2D eigenvalue weighted by Gasteiger charge is 2.14. The van der Waals surface area contributed by atoms with Gasteiger partial charge in [-0.25, -0.2) is 0 Å². The van der Waals surface area contributed by atoms with Crippen LogP contribution in [0, 0.1) is 0 Å². The predicted molar refractivity (Wildman–Crippen MR) is 138 cm³/mol. The zero-order valence-electron chi connectivity index (χ0n) is 22.3. The van der Waals surface area contributed by atoms with Crippen LogP contribution in [0.3, 0.4) is 0 Å². The second-order valence-corrected chi connectivity index (χ2v) is 9.45. The molecule has 34 heavy (non-hydrogen) atoms. The maximum absolute atomic E-state index is 11.9. The SMILES string of the molecule is CCCCCCCCCCOCC(COC(=O)CCCC(=O)O)OCCCCCCCCCC. The Balaban J connectivity index is 4.01. The summed E-state index contributed by atoms with van der Waals surface area (Å²) in [5.74, 6) is -1.27. The molecular weight excluding hydrogens is 432 g/mol. The number of rotatable bonds is 27. The predicted octanol–water partition coefficient (Wildman–Crippen LogP) is 7.47. The van der Waals surface area contributed by atoms with Gasteiger partial charge in [-0.1, -0.05) is 104 Å². The lowest BCUT2D eigenvalue weighted by Crippen LogP contribution is -2.28. The molecular formula is C28H54O6. The van der Waals surface area contributed by atoms with Crippen molar-refractivity contribution in [1.82, 2.24) is 0 Å². The molecule has 0 aliphatic heterocycles. The zero-order valence-corrected chi connectivity index (χ0v) is 22.3. The van der Waals surface area contributed by atoms with Crippen LogP contribution in [0.4, 0.5) is 0 Å². The maximum atomic E-state index is 11.9. The van der Waals surface area contributed by atoms with Gasteiger partial charge in [0.15, 0.2) is 0 Å². The highest BCUT2D eigenvalue weighted by Crippen LogP contribution is 2.10. The number of carboxylic acid groups (broad SMARTS) is 1. The number of esters is 1. The minimum atomic E-state index is -0.895. The minimum Gasteiger partial charge on any atom is -0.481 e. The summed E-state index contributed by atoms with van der Waals surface area (Å²) in [6.45, 7) is 6.43. The second kappa shape index (κ2) is 26.5. The van der Waals surface area contributed by atoms with Gasteiger partial charge in [0, 0.05) is 26.1 Å². The molecule has 0 radical (unpaired) electrons. The van der Waals surface area contributed by atoms with E-state index in [0.29, 0.717) is 26.2 Å². The van der Waals surface area contributed by atoms with Gasteiger partial charge in [0.05, 0.1) is 6.61 Å². The highest BCUT2D eigenvalue weighted by molar-refractivity contribution is 5.71. The van der Waals surface area contributed by atoms with E-state index < -0.39 is 5.97 Å². The molecule has 202 valence electrons. The summed E-state index contributed by atoms with van der Waals surface area (Å²) in [7, 11) is 0. The Bertz CT molecular complexity index is 454. The molecule has 0 aromatic heterocycles. The van der Waals surface area contributed by atoms with Gasteiger partial charge in [-0.05, 0) is 19.3 Å². The molecule has 0 heterocycles. The number of carbonyl (C=O) groups is 2. The average Bonchev–Trinajstić information content (AvgIpc) is 2.81. The van der Waals surface area contributed by atoms with Crippen molar-refractivity contribution in [2.24, 2.45) is 0 Å². The third kappa shape index (κ3) is 25.5. The summed E-state index contributed by atoms with van der Waals surface area (Å²) in [5, 5.41) is 8.69. The van der Waals surface area contributed by atoms with Crippen LogP contribution in [-0.4, -0.2) is 49.6 Å². The summed E-state index contributed by atoms with van der Waals surface area (Å²) in [6.07, 6.45) is 20.2. The monoisotopic (exact) mass is 486 g/mol. The minimum absolute atomic E-state index is 0.0187. The molecule has 0 spiro atoms. The molecule has 0 saturated heterocycles. The number of unbranched alkanes of at least 4 members (excludes halogenated alkanes) is 14. The van der Waals surface area contributed by atoms with E-state index in [1.54, 1.807) is 0 Å². The third-order valence-corrected chi connectivity index (χ3v) is 6.00. The van der Waals surface area contributed by atoms with E-state index in [0.717, 1.165) is 19.3 Å². The van der Waals surface area contributed by atoms with Gasteiger partial charge in [-0.2, -0.15) is 0 Å². The lowest BCUT2D eigenvalue weighted by molar-refractivity contribution is -0.150. The molecule has 0 fully saturated rings. The normalized spacial score (nSPS) is 12.1. The van der Waals surface area contributed by atoms with Crippen LogP contribution in [0.25, 0.3) is 0 Å². The Morgan fingerprint density at radius 2 is 1.12 bits per heavy atom. The van der Waals surface area contributed by atoms with Crippen LogP contribution in [0.2, 0.25) is 0 Å². The Kier molecular flexibility index (Phi) is 25.6. The van der Waals surface area contributed by atoms with E-state index in [1.165, 1.54) is 83.5 Å². The lowest BCUT2D eigenvalue weighted by Gasteiger charge is -2.18. The van der Waals surface area contributed by atoms with Crippen molar-refractivity contribution in [2.45, 2.75) is 142 Å². The Morgan fingerprint density at radius 1 is 0.618 bits per heavy atom. The van der Waals surface area contributed by atoms with Gasteiger partial charge >= 0.3 is 11.9 Å². The molecule has 1 unspecified atom stereocenters. The van der Waals surface area contributed by atoms with E-state index in [-0.39, 0.29) is 31.5 Å². The number of hydrogen-bond acceptors (Lipinski definition) is 5. The second-order valence-electron chi connectivity index (χ2n) is 9.45. The molecule has 0 aromatic carbocycles. The Labute approximate surface area is 209 Å². The Morgan fingerprint density at radius 3 is 1.65 bits per heavy atom. The van der Waals surface area contributed by atoms with E-state index in [9.17, 15) is 9.59 Å². The summed E-state index contributed by atoms with van der Waals surface area (Å²) in [4.78, 5) is 22.5. The number of ether oxygens (including phenoxy) is 3. The summed E-state index contributed by atoms with van der Waals surface area (Å²) in [6, 6.07) is 0. The smallest absolute Gasteiger partial charge is 0.305 e. The summed E-state index contributed by atoms with van der Waals surface area (Å²) in [5.41, 5.74) is 0. The first-order chi connectivity index (χ1) is 16.6. The highest BCUT2D eigenvalue weighted by atomic mass is 16.6. The fourth-order valence-electron chi connectivity index (χ4n) is 3.83. The van der Waals surface area contributed by atoms with Gasteiger partial charge in [0.2, 0.25) is 0 Å². The summed E-state index contributed by atoms with van der Waals surface area (Å²) >= 11 is 0. The van der Waals surface area contributed by atoms with E-state index in [4.69, 9.17) is 19.3 Å². The van der Waals surface area contributed by atoms with Crippen molar-refractivity contribution in [3.63, 3.8) is 0 Å². The van der Waals surface area contributed by atoms with Gasteiger partial charge in [-0.3, -0.25) is 9.59 Å². The van der Waals surface area contributed by atoms with E-state index in [2.05, 4.69) is 13.8 Å². The molecule has 6 nitrogen and oxygen atoms in total. The van der Waals surface area contributed by atoms with Crippen molar-refractivity contribution < 1.29 is 28.9 Å². The standard InChI is InChI=1S/C28H54O6/c1-3-5-7-9-11-13-15-17-22-32-24-26(25-34-28(31)21-19-20-27(29)30)33-23-18-16-14-12-10-8-6-4-2/h26H,3-25H2,1-2H3,(H,29,30). The number of aliphatic carboxylic acids is 1. The number of hydrogen-bond donors (Lipinski definition) is 1. The fraction of sp³-hybridized carbons (Fsp3) is 0.929.